The minimum absolute atomic E-state index is 0.499. The van der Waals surface area contributed by atoms with Crippen LogP contribution in [0.2, 0.25) is 0 Å². The molecule has 4 rings (SSSR count). The molecule has 1 unspecified atom stereocenters. The first-order valence-electron chi connectivity index (χ1n) is 6.86. The first kappa shape index (κ1) is 11.0. The summed E-state index contributed by atoms with van der Waals surface area (Å²) in [5.41, 5.74) is 3.16. The van der Waals surface area contributed by atoms with Crippen LogP contribution in [-0.2, 0) is 0 Å². The van der Waals surface area contributed by atoms with E-state index in [0.717, 1.165) is 30.1 Å². The van der Waals surface area contributed by atoms with Crippen molar-refractivity contribution >= 4 is 22.1 Å². The van der Waals surface area contributed by atoms with E-state index in [2.05, 4.69) is 37.8 Å². The van der Waals surface area contributed by atoms with E-state index in [9.17, 15) is 0 Å². The molecule has 3 aromatic rings. The summed E-state index contributed by atoms with van der Waals surface area (Å²) in [5, 5.41) is 4.65. The van der Waals surface area contributed by atoms with E-state index in [-0.39, 0.29) is 0 Å². The number of H-pyrrole nitrogens is 1. The molecule has 98 valence electrons. The van der Waals surface area contributed by atoms with E-state index in [4.69, 9.17) is 0 Å². The van der Waals surface area contributed by atoms with Crippen LogP contribution < -0.4 is 5.32 Å². The summed E-state index contributed by atoms with van der Waals surface area (Å²) in [6, 6.07) is 2.60. The number of pyridine rings is 1. The highest BCUT2D eigenvalue weighted by Gasteiger charge is 2.21. The minimum atomic E-state index is 0.499. The second-order valence-electron chi connectivity index (χ2n) is 5.26. The second kappa shape index (κ2) is 4.06. The first-order chi connectivity index (χ1) is 9.34. The number of nitrogens with zero attached hydrogens (tertiary/aromatic N) is 3. The normalized spacial score (nSPS) is 20.4. The van der Waals surface area contributed by atoms with Crippen molar-refractivity contribution in [2.45, 2.75) is 25.8 Å². The third-order valence-electron chi connectivity index (χ3n) is 4.05. The van der Waals surface area contributed by atoms with Gasteiger partial charge in [-0.2, -0.15) is 0 Å². The van der Waals surface area contributed by atoms with Gasteiger partial charge in [-0.1, -0.05) is 0 Å². The van der Waals surface area contributed by atoms with Crippen LogP contribution in [0.15, 0.2) is 18.5 Å². The minimum Gasteiger partial charge on any atom is -0.346 e. The molecule has 1 aliphatic heterocycles. The van der Waals surface area contributed by atoms with Crippen LogP contribution in [0.25, 0.3) is 22.1 Å². The number of aromatic nitrogens is 4. The van der Waals surface area contributed by atoms with Crippen molar-refractivity contribution in [3.63, 3.8) is 0 Å². The average Bonchev–Trinajstić information content (AvgIpc) is 3.02. The molecule has 4 heterocycles. The number of rotatable bonds is 1. The van der Waals surface area contributed by atoms with Crippen molar-refractivity contribution in [2.75, 3.05) is 13.1 Å². The maximum absolute atomic E-state index is 4.68. The van der Waals surface area contributed by atoms with Crippen molar-refractivity contribution < 1.29 is 0 Å². The number of fused-ring (bicyclic) bond motifs is 3. The van der Waals surface area contributed by atoms with E-state index in [0.29, 0.717) is 6.04 Å². The lowest BCUT2D eigenvalue weighted by atomic mass is 10.1. The summed E-state index contributed by atoms with van der Waals surface area (Å²) in [6.45, 7) is 4.25. The summed E-state index contributed by atoms with van der Waals surface area (Å²) in [6.07, 6.45) is 6.26. The Morgan fingerprint density at radius 2 is 2.37 bits per heavy atom. The Bertz CT molecular complexity index is 733. The van der Waals surface area contributed by atoms with Gasteiger partial charge in [0.15, 0.2) is 0 Å². The highest BCUT2D eigenvalue weighted by Crippen LogP contribution is 2.29. The predicted octanol–water partition coefficient (Wildman–Crippen LogP) is 2.15. The number of aromatic amines is 1. The average molecular weight is 255 g/mol. The van der Waals surface area contributed by atoms with Crippen molar-refractivity contribution in [1.82, 2.24) is 24.8 Å². The highest BCUT2D eigenvalue weighted by atomic mass is 15.1. The van der Waals surface area contributed by atoms with Gasteiger partial charge in [0.2, 0.25) is 0 Å². The van der Waals surface area contributed by atoms with Gasteiger partial charge in [0, 0.05) is 24.2 Å². The summed E-state index contributed by atoms with van der Waals surface area (Å²) >= 11 is 0. The Morgan fingerprint density at radius 1 is 1.42 bits per heavy atom. The second-order valence-corrected chi connectivity index (χ2v) is 5.26. The van der Waals surface area contributed by atoms with E-state index in [1.807, 2.05) is 12.4 Å². The zero-order valence-corrected chi connectivity index (χ0v) is 11.0. The maximum Gasteiger partial charge on any atom is 0.139 e. The molecule has 3 aromatic heterocycles. The standard InChI is InChI=1S/C14H17N5/c1-9-18-12-8-17-14-11(4-6-16-14)13(12)19(9)10-3-2-5-15-7-10/h4,6,8,10,15H,2-3,5,7H2,1H3,(H,16,17). The van der Waals surface area contributed by atoms with Crippen LogP contribution >= 0.6 is 0 Å². The molecule has 0 amide bonds. The SMILES string of the molecule is Cc1nc2cnc3[nH]ccc3c2n1C1CCCNC1. The van der Waals surface area contributed by atoms with Gasteiger partial charge in [-0.05, 0) is 32.4 Å². The first-order valence-corrected chi connectivity index (χ1v) is 6.86. The van der Waals surface area contributed by atoms with Gasteiger partial charge in [0.25, 0.3) is 0 Å². The molecular weight excluding hydrogens is 238 g/mol. The Hall–Kier alpha value is -1.88. The molecule has 5 nitrogen and oxygen atoms in total. The third-order valence-corrected chi connectivity index (χ3v) is 4.05. The van der Waals surface area contributed by atoms with Gasteiger partial charge in [0.1, 0.15) is 17.0 Å². The smallest absolute Gasteiger partial charge is 0.139 e. The molecule has 0 radical (unpaired) electrons. The summed E-state index contributed by atoms with van der Waals surface area (Å²) in [7, 11) is 0. The summed E-state index contributed by atoms with van der Waals surface area (Å²) in [5.74, 6) is 1.08. The Balaban J connectivity index is 2.01. The molecule has 1 fully saturated rings. The summed E-state index contributed by atoms with van der Waals surface area (Å²) < 4.78 is 2.39. The molecule has 1 saturated heterocycles. The lowest BCUT2D eigenvalue weighted by Crippen LogP contribution is -2.32. The summed E-state index contributed by atoms with van der Waals surface area (Å²) in [4.78, 5) is 12.3. The molecule has 0 aromatic carbocycles. The van der Waals surface area contributed by atoms with Crippen LogP contribution in [-0.4, -0.2) is 32.6 Å². The monoisotopic (exact) mass is 255 g/mol. The fourth-order valence-electron chi connectivity index (χ4n) is 3.21. The molecule has 0 spiro atoms. The van der Waals surface area contributed by atoms with Crippen molar-refractivity contribution in [1.29, 1.82) is 0 Å². The van der Waals surface area contributed by atoms with Crippen molar-refractivity contribution in [3.8, 4) is 0 Å². The largest absolute Gasteiger partial charge is 0.346 e. The topological polar surface area (TPSA) is 58.5 Å². The maximum atomic E-state index is 4.68. The number of hydrogen-bond acceptors (Lipinski definition) is 3. The van der Waals surface area contributed by atoms with Gasteiger partial charge >= 0.3 is 0 Å². The molecule has 2 N–H and O–H groups in total. The van der Waals surface area contributed by atoms with Gasteiger partial charge < -0.3 is 14.9 Å². The fourth-order valence-corrected chi connectivity index (χ4v) is 3.21. The molecule has 1 aliphatic rings. The van der Waals surface area contributed by atoms with E-state index in [1.165, 1.54) is 23.7 Å². The number of hydrogen-bond donors (Lipinski definition) is 2. The number of aryl methyl sites for hydroxylation is 1. The molecule has 0 aliphatic carbocycles. The number of nitrogens with one attached hydrogen (secondary N) is 2. The van der Waals surface area contributed by atoms with Crippen LogP contribution in [0.1, 0.15) is 24.7 Å². The molecule has 0 saturated carbocycles. The quantitative estimate of drug-likeness (QED) is 0.700. The van der Waals surface area contributed by atoms with Gasteiger partial charge in [0.05, 0.1) is 11.7 Å². The number of piperidine rings is 1. The van der Waals surface area contributed by atoms with Gasteiger partial charge in [-0.15, -0.1) is 0 Å². The lowest BCUT2D eigenvalue weighted by Gasteiger charge is -2.26. The van der Waals surface area contributed by atoms with Crippen LogP contribution in [0, 0.1) is 6.92 Å². The third kappa shape index (κ3) is 1.58. The highest BCUT2D eigenvalue weighted by molar-refractivity contribution is 6.01. The lowest BCUT2D eigenvalue weighted by molar-refractivity contribution is 0.373. The zero-order chi connectivity index (χ0) is 12.8. The van der Waals surface area contributed by atoms with E-state index in [1.54, 1.807) is 0 Å². The van der Waals surface area contributed by atoms with E-state index >= 15 is 0 Å². The molecule has 5 heteroatoms. The van der Waals surface area contributed by atoms with Gasteiger partial charge in [-0.3, -0.25) is 0 Å². The van der Waals surface area contributed by atoms with Crippen LogP contribution in [0.3, 0.4) is 0 Å². The van der Waals surface area contributed by atoms with Crippen molar-refractivity contribution in [3.05, 3.63) is 24.3 Å². The van der Waals surface area contributed by atoms with Crippen LogP contribution in [0.5, 0.6) is 0 Å². The Labute approximate surface area is 111 Å². The fraction of sp³-hybridized carbons (Fsp3) is 0.429. The zero-order valence-electron chi connectivity index (χ0n) is 11.0. The molecule has 0 bridgehead atoms. The molecule has 1 atom stereocenters. The van der Waals surface area contributed by atoms with E-state index < -0.39 is 0 Å². The predicted molar refractivity (Wildman–Crippen MR) is 75.3 cm³/mol. The van der Waals surface area contributed by atoms with Crippen LogP contribution in [0.4, 0.5) is 0 Å². The molecular formula is C14H17N5. The Morgan fingerprint density at radius 3 is 3.21 bits per heavy atom. The van der Waals surface area contributed by atoms with Gasteiger partial charge in [-0.25, -0.2) is 9.97 Å². The Kier molecular flexibility index (Phi) is 2.35. The number of imidazole rings is 1. The molecule has 19 heavy (non-hydrogen) atoms. The van der Waals surface area contributed by atoms with Crippen molar-refractivity contribution in [2.24, 2.45) is 0 Å².